The Balaban J connectivity index is 0.000000420. The molecule has 0 radical (unpaired) electrons. The monoisotopic (exact) mass is 376 g/mol. The standard InChI is InChI=1S/C14H18N4S.C5H12.C2H6/c1-3-18(2)9-10-4-5-12-11(8-10)17-13-14(19-12)16-7-6-15-13;1-3-5-4-2;1-2/h4-5,7-8,15,17H,3,6,9H2,1-2H3;3-5H2,1-2H3;1-2H3. The van der Waals surface area contributed by atoms with Crippen LogP contribution in [0.15, 0.2) is 38.9 Å². The molecule has 0 fully saturated rings. The molecule has 3 rings (SSSR count). The third-order valence-corrected chi connectivity index (χ3v) is 5.08. The van der Waals surface area contributed by atoms with Crippen LogP contribution in [-0.4, -0.2) is 31.3 Å². The zero-order valence-electron chi connectivity index (χ0n) is 17.4. The van der Waals surface area contributed by atoms with Crippen LogP contribution in [-0.2, 0) is 6.54 Å². The molecular formula is C21H36N4S. The Hall–Kier alpha value is -1.46. The number of unbranched alkanes of at least 4 members (excludes halogenated alkanes) is 2. The molecule has 1 aromatic carbocycles. The molecule has 2 heterocycles. The van der Waals surface area contributed by atoms with Crippen LogP contribution in [0.5, 0.6) is 0 Å². The normalized spacial score (nSPS) is 14.1. The molecule has 0 atom stereocenters. The third-order valence-electron chi connectivity index (χ3n) is 4.00. The second-order valence-corrected chi connectivity index (χ2v) is 7.14. The largest absolute Gasteiger partial charge is 0.364 e. The van der Waals surface area contributed by atoms with Gasteiger partial charge in [-0.1, -0.05) is 71.7 Å². The minimum absolute atomic E-state index is 0.792. The average molecular weight is 377 g/mol. The van der Waals surface area contributed by atoms with Crippen LogP contribution in [0.3, 0.4) is 0 Å². The minimum Gasteiger partial charge on any atom is -0.364 e. The number of fused-ring (bicyclic) bond motifs is 1. The molecule has 1 aromatic rings. The number of thioether (sulfide) groups is 1. The van der Waals surface area contributed by atoms with Crippen molar-refractivity contribution in [2.24, 2.45) is 4.99 Å². The van der Waals surface area contributed by atoms with Gasteiger partial charge in [0.2, 0.25) is 0 Å². The van der Waals surface area contributed by atoms with Crippen LogP contribution >= 0.6 is 11.8 Å². The lowest BCUT2D eigenvalue weighted by Gasteiger charge is -2.25. The van der Waals surface area contributed by atoms with E-state index >= 15 is 0 Å². The van der Waals surface area contributed by atoms with E-state index in [0.717, 1.165) is 30.5 Å². The average Bonchev–Trinajstić information content (AvgIpc) is 2.69. The van der Waals surface area contributed by atoms with Crippen LogP contribution in [0.4, 0.5) is 5.69 Å². The van der Waals surface area contributed by atoms with E-state index in [9.17, 15) is 0 Å². The van der Waals surface area contributed by atoms with Gasteiger partial charge in [-0.25, -0.2) is 4.99 Å². The fourth-order valence-electron chi connectivity index (χ4n) is 2.47. The first-order valence-corrected chi connectivity index (χ1v) is 10.8. The Morgan fingerprint density at radius 3 is 2.50 bits per heavy atom. The van der Waals surface area contributed by atoms with Crippen molar-refractivity contribution in [1.82, 2.24) is 10.2 Å². The number of aliphatic imine (C=N–C) groups is 1. The van der Waals surface area contributed by atoms with E-state index in [1.165, 1.54) is 35.4 Å². The van der Waals surface area contributed by atoms with Crippen LogP contribution in [0, 0.1) is 0 Å². The summed E-state index contributed by atoms with van der Waals surface area (Å²) in [5.41, 5.74) is 2.51. The van der Waals surface area contributed by atoms with Crippen molar-refractivity contribution >= 4 is 23.7 Å². The highest BCUT2D eigenvalue weighted by Crippen LogP contribution is 2.40. The Bertz CT molecular complexity index is 594. The summed E-state index contributed by atoms with van der Waals surface area (Å²) in [5.74, 6) is 1.03. The topological polar surface area (TPSA) is 39.7 Å². The van der Waals surface area contributed by atoms with Crippen LogP contribution in [0.1, 0.15) is 59.4 Å². The maximum Gasteiger partial charge on any atom is 0.141 e. The van der Waals surface area contributed by atoms with Crippen molar-refractivity contribution in [2.45, 2.75) is 65.3 Å². The molecule has 0 amide bonds. The van der Waals surface area contributed by atoms with E-state index in [4.69, 9.17) is 0 Å². The van der Waals surface area contributed by atoms with Gasteiger partial charge in [-0.2, -0.15) is 0 Å². The van der Waals surface area contributed by atoms with E-state index in [1.807, 2.05) is 20.1 Å². The molecule has 2 N–H and O–H groups in total. The molecule has 0 unspecified atom stereocenters. The van der Waals surface area contributed by atoms with Gasteiger partial charge in [0.25, 0.3) is 0 Å². The second-order valence-electron chi connectivity index (χ2n) is 6.11. The molecule has 146 valence electrons. The molecule has 0 bridgehead atoms. The number of nitrogens with zero attached hydrogens (tertiary/aromatic N) is 2. The van der Waals surface area contributed by atoms with Crippen LogP contribution in [0.25, 0.3) is 0 Å². The third kappa shape index (κ3) is 7.04. The van der Waals surface area contributed by atoms with Gasteiger partial charge in [-0.3, -0.25) is 0 Å². The first kappa shape index (κ1) is 22.6. The summed E-state index contributed by atoms with van der Waals surface area (Å²) in [5, 5.41) is 7.79. The summed E-state index contributed by atoms with van der Waals surface area (Å²) in [6.07, 6.45) is 5.98. The van der Waals surface area contributed by atoms with Gasteiger partial charge < -0.3 is 15.5 Å². The van der Waals surface area contributed by atoms with Gasteiger partial charge in [0.1, 0.15) is 10.9 Å². The van der Waals surface area contributed by atoms with E-state index in [-0.39, 0.29) is 0 Å². The highest BCUT2D eigenvalue weighted by Gasteiger charge is 2.19. The zero-order chi connectivity index (χ0) is 19.4. The summed E-state index contributed by atoms with van der Waals surface area (Å²) in [4.78, 5) is 7.95. The first-order chi connectivity index (χ1) is 12.7. The lowest BCUT2D eigenvalue weighted by Crippen LogP contribution is -2.27. The van der Waals surface area contributed by atoms with Crippen LogP contribution < -0.4 is 10.6 Å². The molecule has 0 saturated carbocycles. The Morgan fingerprint density at radius 1 is 1.15 bits per heavy atom. The summed E-state index contributed by atoms with van der Waals surface area (Å²) < 4.78 is 0. The van der Waals surface area contributed by atoms with E-state index in [2.05, 4.69) is 66.5 Å². The predicted octanol–water partition coefficient (Wildman–Crippen LogP) is 5.68. The van der Waals surface area contributed by atoms with Gasteiger partial charge in [-0.05, 0) is 31.3 Å². The number of nitrogens with one attached hydrogen (secondary N) is 2. The highest BCUT2D eigenvalue weighted by atomic mass is 32.2. The summed E-state index contributed by atoms with van der Waals surface area (Å²) in [6, 6.07) is 6.61. The fourth-order valence-corrected chi connectivity index (χ4v) is 3.39. The number of hydrogen-bond acceptors (Lipinski definition) is 5. The maximum atomic E-state index is 4.42. The number of rotatable bonds is 5. The molecule has 0 spiro atoms. The van der Waals surface area contributed by atoms with E-state index in [1.54, 1.807) is 11.8 Å². The van der Waals surface area contributed by atoms with Crippen molar-refractivity contribution in [3.05, 3.63) is 34.6 Å². The quantitative estimate of drug-likeness (QED) is 0.693. The summed E-state index contributed by atoms with van der Waals surface area (Å²) >= 11 is 1.72. The number of anilines is 1. The maximum absolute atomic E-state index is 4.42. The Morgan fingerprint density at radius 2 is 1.88 bits per heavy atom. The molecule has 4 nitrogen and oxygen atoms in total. The summed E-state index contributed by atoms with van der Waals surface area (Å²) in [6.45, 7) is 13.4. The zero-order valence-corrected chi connectivity index (χ0v) is 18.2. The molecule has 0 saturated heterocycles. The van der Waals surface area contributed by atoms with E-state index < -0.39 is 0 Å². The Kier molecular flexibility index (Phi) is 11.1. The van der Waals surface area contributed by atoms with Crippen molar-refractivity contribution in [1.29, 1.82) is 0 Å². The molecule has 5 heteroatoms. The molecule has 0 aliphatic carbocycles. The molecule has 2 aliphatic heterocycles. The fraction of sp³-hybridized carbons (Fsp3) is 0.571. The van der Waals surface area contributed by atoms with Gasteiger partial charge in [0.05, 0.1) is 12.2 Å². The number of benzene rings is 1. The van der Waals surface area contributed by atoms with Gasteiger partial charge in [-0.15, -0.1) is 0 Å². The molecule has 26 heavy (non-hydrogen) atoms. The number of hydrogen-bond donors (Lipinski definition) is 2. The van der Waals surface area contributed by atoms with Gasteiger partial charge in [0, 0.05) is 17.7 Å². The minimum atomic E-state index is 0.792. The highest BCUT2D eigenvalue weighted by molar-refractivity contribution is 8.03. The summed E-state index contributed by atoms with van der Waals surface area (Å²) in [7, 11) is 2.14. The van der Waals surface area contributed by atoms with Crippen molar-refractivity contribution in [3.8, 4) is 0 Å². The molecular weight excluding hydrogens is 340 g/mol. The van der Waals surface area contributed by atoms with Gasteiger partial charge in [0.15, 0.2) is 0 Å². The van der Waals surface area contributed by atoms with Crippen molar-refractivity contribution < 1.29 is 0 Å². The molecule has 2 aliphatic rings. The SMILES string of the molecule is CC.CCCCC.CCN(C)Cc1ccc2c(c1)NC1=C(N=CCN1)S2. The lowest BCUT2D eigenvalue weighted by molar-refractivity contribution is 0.346. The lowest BCUT2D eigenvalue weighted by atomic mass is 10.2. The van der Waals surface area contributed by atoms with Gasteiger partial charge >= 0.3 is 0 Å². The first-order valence-electron chi connectivity index (χ1n) is 9.94. The second kappa shape index (κ2) is 12.8. The van der Waals surface area contributed by atoms with Crippen LogP contribution in [0.2, 0.25) is 0 Å². The van der Waals surface area contributed by atoms with Crippen molar-refractivity contribution in [2.75, 3.05) is 25.5 Å². The Labute approximate surface area is 164 Å². The van der Waals surface area contributed by atoms with E-state index in [0.29, 0.717) is 0 Å². The molecule has 0 aromatic heterocycles. The predicted molar refractivity (Wildman–Crippen MR) is 118 cm³/mol. The smallest absolute Gasteiger partial charge is 0.141 e. The van der Waals surface area contributed by atoms with Crippen molar-refractivity contribution in [3.63, 3.8) is 0 Å².